The van der Waals surface area contributed by atoms with Crippen molar-refractivity contribution < 1.29 is 36.7 Å². The van der Waals surface area contributed by atoms with Crippen molar-refractivity contribution in [3.63, 3.8) is 0 Å². The molecule has 0 saturated heterocycles. The number of carbonyl (C=O) groups excluding carboxylic acids is 3. The lowest BCUT2D eigenvalue weighted by atomic mass is 9.81. The molecule has 2 N–H and O–H groups in total. The Morgan fingerprint density at radius 2 is 1.74 bits per heavy atom. The van der Waals surface area contributed by atoms with Crippen molar-refractivity contribution in [3.05, 3.63) is 59.6 Å². The summed E-state index contributed by atoms with van der Waals surface area (Å²) in [5, 5.41) is 16.6. The SMILES string of the molecule is COC(=O)Cc1nnc(C2CCC(C(=O)NCCNC(=O)c3cn(-c4ccccc4)nc3C(F)(F)F)CC2)o1. The van der Waals surface area contributed by atoms with Crippen LogP contribution in [0.3, 0.4) is 0 Å². The van der Waals surface area contributed by atoms with Gasteiger partial charge in [-0.05, 0) is 37.8 Å². The molecule has 0 bridgehead atoms. The van der Waals surface area contributed by atoms with E-state index in [1.807, 2.05) is 0 Å². The smallest absolute Gasteiger partial charge is 0.435 e. The molecule has 2 heterocycles. The third-order valence-corrected chi connectivity index (χ3v) is 6.41. The minimum Gasteiger partial charge on any atom is -0.469 e. The van der Waals surface area contributed by atoms with Crippen LogP contribution in [0.25, 0.3) is 5.69 Å². The van der Waals surface area contributed by atoms with Gasteiger partial charge in [0.05, 0.1) is 18.4 Å². The molecule has 1 saturated carbocycles. The van der Waals surface area contributed by atoms with E-state index in [2.05, 4.69) is 30.7 Å². The number of ether oxygens (including phenoxy) is 1. The molecule has 2 aromatic heterocycles. The first-order valence-corrected chi connectivity index (χ1v) is 12.3. The van der Waals surface area contributed by atoms with Gasteiger partial charge in [-0.25, -0.2) is 4.68 Å². The van der Waals surface area contributed by atoms with E-state index in [0.29, 0.717) is 37.3 Å². The second kappa shape index (κ2) is 12.1. The summed E-state index contributed by atoms with van der Waals surface area (Å²) in [5.74, 6) is -1.30. The van der Waals surface area contributed by atoms with Gasteiger partial charge in [0, 0.05) is 31.1 Å². The van der Waals surface area contributed by atoms with E-state index in [9.17, 15) is 27.6 Å². The maximum Gasteiger partial charge on any atom is 0.435 e. The molecule has 1 aliphatic carbocycles. The van der Waals surface area contributed by atoms with Crippen LogP contribution < -0.4 is 10.6 Å². The van der Waals surface area contributed by atoms with Crippen LogP contribution in [0, 0.1) is 5.92 Å². The molecular weight excluding hydrogens is 521 g/mol. The third-order valence-electron chi connectivity index (χ3n) is 6.41. The largest absolute Gasteiger partial charge is 0.469 e. The summed E-state index contributed by atoms with van der Waals surface area (Å²) in [6.45, 7) is -0.00207. The topological polar surface area (TPSA) is 141 Å². The summed E-state index contributed by atoms with van der Waals surface area (Å²) in [7, 11) is 1.27. The summed E-state index contributed by atoms with van der Waals surface area (Å²) >= 11 is 0. The van der Waals surface area contributed by atoms with E-state index in [1.165, 1.54) is 7.11 Å². The Balaban J connectivity index is 1.24. The highest BCUT2D eigenvalue weighted by atomic mass is 19.4. The molecule has 4 rings (SSSR count). The molecule has 1 aromatic carbocycles. The number of esters is 1. The van der Waals surface area contributed by atoms with Crippen molar-refractivity contribution in [1.29, 1.82) is 0 Å². The van der Waals surface area contributed by atoms with Crippen LogP contribution in [0.1, 0.15) is 59.4 Å². The summed E-state index contributed by atoms with van der Waals surface area (Å²) in [5.41, 5.74) is -1.51. The van der Waals surface area contributed by atoms with Gasteiger partial charge in [0.25, 0.3) is 5.91 Å². The van der Waals surface area contributed by atoms with Crippen LogP contribution in [0.2, 0.25) is 0 Å². The zero-order chi connectivity index (χ0) is 28.0. The zero-order valence-electron chi connectivity index (χ0n) is 21.0. The predicted octanol–water partition coefficient (Wildman–Crippen LogP) is 2.81. The number of amides is 2. The van der Waals surface area contributed by atoms with Gasteiger partial charge in [0.1, 0.15) is 6.42 Å². The van der Waals surface area contributed by atoms with Crippen LogP contribution in [0.15, 0.2) is 40.9 Å². The van der Waals surface area contributed by atoms with E-state index < -0.39 is 29.3 Å². The molecular formula is C25H27F3N6O5. The molecule has 14 heteroatoms. The number of aromatic nitrogens is 4. The van der Waals surface area contributed by atoms with Crippen molar-refractivity contribution in [2.24, 2.45) is 5.92 Å². The molecule has 1 fully saturated rings. The molecule has 208 valence electrons. The summed E-state index contributed by atoms with van der Waals surface area (Å²) < 4.78 is 51.6. The first-order chi connectivity index (χ1) is 18.7. The monoisotopic (exact) mass is 548 g/mol. The van der Waals surface area contributed by atoms with Gasteiger partial charge in [-0.1, -0.05) is 18.2 Å². The predicted molar refractivity (Wildman–Crippen MR) is 129 cm³/mol. The van der Waals surface area contributed by atoms with Crippen LogP contribution in [0.5, 0.6) is 0 Å². The quantitative estimate of drug-likeness (QED) is 0.307. The number of halogens is 3. The van der Waals surface area contributed by atoms with Crippen molar-refractivity contribution in [2.45, 2.75) is 44.2 Å². The van der Waals surface area contributed by atoms with Crippen LogP contribution in [0.4, 0.5) is 13.2 Å². The number of alkyl halides is 3. The van der Waals surface area contributed by atoms with E-state index in [-0.39, 0.29) is 43.1 Å². The molecule has 3 aromatic rings. The lowest BCUT2D eigenvalue weighted by molar-refractivity contribution is -0.142. The van der Waals surface area contributed by atoms with Crippen LogP contribution >= 0.6 is 0 Å². The zero-order valence-corrected chi connectivity index (χ0v) is 21.0. The second-order valence-electron chi connectivity index (χ2n) is 9.05. The fourth-order valence-electron chi connectivity index (χ4n) is 4.36. The Morgan fingerprint density at radius 1 is 1.05 bits per heavy atom. The fourth-order valence-corrected chi connectivity index (χ4v) is 4.36. The van der Waals surface area contributed by atoms with Crippen molar-refractivity contribution >= 4 is 17.8 Å². The number of rotatable bonds is 9. The van der Waals surface area contributed by atoms with Crippen molar-refractivity contribution in [2.75, 3.05) is 20.2 Å². The van der Waals surface area contributed by atoms with E-state index in [0.717, 1.165) is 10.9 Å². The average Bonchev–Trinajstić information content (AvgIpc) is 3.59. The molecule has 0 unspecified atom stereocenters. The lowest BCUT2D eigenvalue weighted by Gasteiger charge is -2.25. The Labute approximate surface area is 221 Å². The minimum absolute atomic E-state index is 0.0214. The Bertz CT molecular complexity index is 1300. The molecule has 0 radical (unpaired) electrons. The number of methoxy groups -OCH3 is 1. The molecule has 11 nitrogen and oxygen atoms in total. The highest BCUT2D eigenvalue weighted by molar-refractivity contribution is 5.95. The molecule has 39 heavy (non-hydrogen) atoms. The molecule has 2 amide bonds. The molecule has 0 atom stereocenters. The van der Waals surface area contributed by atoms with E-state index in [1.54, 1.807) is 30.3 Å². The van der Waals surface area contributed by atoms with Gasteiger partial charge in [-0.3, -0.25) is 14.4 Å². The highest BCUT2D eigenvalue weighted by Gasteiger charge is 2.39. The third kappa shape index (κ3) is 7.00. The minimum atomic E-state index is -4.82. The average molecular weight is 549 g/mol. The van der Waals surface area contributed by atoms with Gasteiger partial charge in [0.15, 0.2) is 5.69 Å². The molecule has 0 aliphatic heterocycles. The maximum atomic E-state index is 13.5. The second-order valence-corrected chi connectivity index (χ2v) is 9.05. The standard InChI is InChI=1S/C25H27F3N6O5/c1-38-20(35)13-19-31-32-24(39-19)16-9-7-15(8-10-16)22(36)29-11-12-30-23(37)18-14-34(17-5-3-2-4-6-17)33-21(18)25(26,27)28/h2-6,14-16H,7-13H2,1H3,(H,29,36)(H,30,37). The fraction of sp³-hybridized carbons (Fsp3) is 0.440. The first-order valence-electron chi connectivity index (χ1n) is 12.3. The van der Waals surface area contributed by atoms with Gasteiger partial charge in [0.2, 0.25) is 17.7 Å². The van der Waals surface area contributed by atoms with Gasteiger partial charge < -0.3 is 19.8 Å². The number of hydrogen-bond acceptors (Lipinski definition) is 8. The van der Waals surface area contributed by atoms with Gasteiger partial charge in [-0.2, -0.15) is 18.3 Å². The van der Waals surface area contributed by atoms with Crippen molar-refractivity contribution in [1.82, 2.24) is 30.6 Å². The van der Waals surface area contributed by atoms with Gasteiger partial charge >= 0.3 is 12.1 Å². The molecule has 0 spiro atoms. The number of nitrogens with one attached hydrogen (secondary N) is 2. The summed E-state index contributed by atoms with van der Waals surface area (Å²) in [6, 6.07) is 8.15. The van der Waals surface area contributed by atoms with Gasteiger partial charge in [-0.15, -0.1) is 10.2 Å². The molecule has 1 aliphatic rings. The number of benzene rings is 1. The normalized spacial score (nSPS) is 17.4. The maximum absolute atomic E-state index is 13.5. The number of hydrogen-bond donors (Lipinski definition) is 2. The van der Waals surface area contributed by atoms with Crippen LogP contribution in [-0.2, 0) is 26.9 Å². The summed E-state index contributed by atoms with van der Waals surface area (Å²) in [4.78, 5) is 36.4. The van der Waals surface area contributed by atoms with Crippen molar-refractivity contribution in [3.8, 4) is 5.69 Å². The number of para-hydroxylation sites is 1. The van der Waals surface area contributed by atoms with E-state index >= 15 is 0 Å². The first kappa shape index (κ1) is 27.8. The van der Waals surface area contributed by atoms with Crippen LogP contribution in [-0.4, -0.2) is 58.0 Å². The Kier molecular flexibility index (Phi) is 8.62. The number of nitrogens with zero attached hydrogens (tertiary/aromatic N) is 4. The Morgan fingerprint density at radius 3 is 2.41 bits per heavy atom. The Hall–Kier alpha value is -4.23. The summed E-state index contributed by atoms with van der Waals surface area (Å²) in [6.07, 6.45) is -1.46. The lowest BCUT2D eigenvalue weighted by Crippen LogP contribution is -2.38. The number of carbonyl (C=O) groups is 3. The highest BCUT2D eigenvalue weighted by Crippen LogP contribution is 2.35. The van der Waals surface area contributed by atoms with E-state index in [4.69, 9.17) is 4.42 Å².